The second kappa shape index (κ2) is 9.71. The molecule has 0 heterocycles. The summed E-state index contributed by atoms with van der Waals surface area (Å²) in [6.07, 6.45) is 0. The van der Waals surface area contributed by atoms with Crippen LogP contribution in [0.3, 0.4) is 0 Å². The van der Waals surface area contributed by atoms with Gasteiger partial charge < -0.3 is 15.0 Å². The molecule has 31 heavy (non-hydrogen) atoms. The van der Waals surface area contributed by atoms with Gasteiger partial charge >= 0.3 is 5.97 Å². The van der Waals surface area contributed by atoms with Crippen molar-refractivity contribution in [3.8, 4) is 0 Å². The molecule has 0 unspecified atom stereocenters. The van der Waals surface area contributed by atoms with Crippen molar-refractivity contribution in [2.24, 2.45) is 5.14 Å². The molecule has 2 amide bonds. The van der Waals surface area contributed by atoms with Crippen LogP contribution in [0.4, 0.5) is 5.69 Å². The van der Waals surface area contributed by atoms with E-state index in [-0.39, 0.29) is 17.0 Å². The van der Waals surface area contributed by atoms with Gasteiger partial charge in [0.15, 0.2) is 6.61 Å². The molecule has 0 saturated heterocycles. The largest absolute Gasteiger partial charge is 0.452 e. The average molecular weight is 448 g/mol. The molecule has 0 aliphatic heterocycles. The fourth-order valence-corrected chi connectivity index (χ4v) is 3.35. The lowest BCUT2D eigenvalue weighted by atomic mass is 10.1. The number of esters is 1. The first kappa shape index (κ1) is 24.0. The second-order valence-electron chi connectivity index (χ2n) is 7.16. The van der Waals surface area contributed by atoms with E-state index >= 15 is 0 Å². The Balaban J connectivity index is 1.96. The summed E-state index contributed by atoms with van der Waals surface area (Å²) in [7, 11) is -2.58. The van der Waals surface area contributed by atoms with Gasteiger partial charge in [-0.15, -0.1) is 0 Å². The molecule has 2 aromatic rings. The fraction of sp³-hybridized carbons (Fsp3) is 0.286. The van der Waals surface area contributed by atoms with Crippen LogP contribution in [0.1, 0.15) is 27.0 Å². The summed E-state index contributed by atoms with van der Waals surface area (Å²) in [4.78, 5) is 37.7. The van der Waals surface area contributed by atoms with Gasteiger partial charge in [-0.05, 0) is 49.6 Å². The maximum absolute atomic E-state index is 12.3. The lowest BCUT2D eigenvalue weighted by Gasteiger charge is -2.18. The number of carbonyl (C=O) groups excluding carboxylic acids is 3. The molecule has 0 aliphatic carbocycles. The minimum atomic E-state index is -3.99. The number of hydrogen-bond donors (Lipinski definition) is 2. The molecule has 166 valence electrons. The fourth-order valence-electron chi connectivity index (χ4n) is 2.81. The molecular formula is C21H25N3O6S. The van der Waals surface area contributed by atoms with Crippen molar-refractivity contribution in [3.05, 3.63) is 58.7 Å². The van der Waals surface area contributed by atoms with Crippen molar-refractivity contribution in [3.63, 3.8) is 0 Å². The van der Waals surface area contributed by atoms with Crippen molar-refractivity contribution in [1.29, 1.82) is 0 Å². The number of rotatable bonds is 7. The number of benzene rings is 2. The summed E-state index contributed by atoms with van der Waals surface area (Å²) in [6.45, 7) is 4.48. The molecule has 2 rings (SSSR count). The van der Waals surface area contributed by atoms with Crippen molar-refractivity contribution >= 4 is 33.5 Å². The van der Waals surface area contributed by atoms with Crippen LogP contribution in [0, 0.1) is 20.8 Å². The standard InChI is InChI=1S/C21H25N3O6S/c1-13-8-9-16(31(22,28)29)10-17(13)21(27)30-12-19(26)24(4)11-18(25)23-20-14(2)6-5-7-15(20)3/h5-10H,11-12H2,1-4H3,(H,23,25)(H2,22,28,29). The number of amides is 2. The van der Waals surface area contributed by atoms with E-state index in [0.29, 0.717) is 11.3 Å². The number of hydrogen-bond acceptors (Lipinski definition) is 6. The average Bonchev–Trinajstić information content (AvgIpc) is 2.68. The molecule has 0 bridgehead atoms. The third kappa shape index (κ3) is 6.37. The number of aryl methyl sites for hydroxylation is 3. The van der Waals surface area contributed by atoms with Gasteiger partial charge in [0.1, 0.15) is 0 Å². The van der Waals surface area contributed by atoms with Gasteiger partial charge in [-0.25, -0.2) is 18.4 Å². The number of anilines is 1. The first-order valence-electron chi connectivity index (χ1n) is 9.30. The number of para-hydroxylation sites is 1. The minimum absolute atomic E-state index is 0.0188. The van der Waals surface area contributed by atoms with E-state index in [1.54, 1.807) is 6.92 Å². The molecule has 0 fully saturated rings. The van der Waals surface area contributed by atoms with Crippen LogP contribution in [0.5, 0.6) is 0 Å². The number of sulfonamides is 1. The second-order valence-corrected chi connectivity index (χ2v) is 8.72. The number of ether oxygens (including phenoxy) is 1. The Kier molecular flexibility index (Phi) is 7.53. The van der Waals surface area contributed by atoms with Crippen LogP contribution in [0.2, 0.25) is 0 Å². The Morgan fingerprint density at radius 3 is 2.23 bits per heavy atom. The van der Waals surface area contributed by atoms with Crippen molar-refractivity contribution in [2.45, 2.75) is 25.7 Å². The van der Waals surface area contributed by atoms with E-state index in [9.17, 15) is 22.8 Å². The third-order valence-corrected chi connectivity index (χ3v) is 5.55. The molecule has 3 N–H and O–H groups in total. The summed E-state index contributed by atoms with van der Waals surface area (Å²) in [5, 5.41) is 7.85. The first-order chi connectivity index (χ1) is 14.4. The quantitative estimate of drug-likeness (QED) is 0.618. The Morgan fingerprint density at radius 1 is 1.03 bits per heavy atom. The van der Waals surface area contributed by atoms with Gasteiger partial charge in [-0.2, -0.15) is 0 Å². The summed E-state index contributed by atoms with van der Waals surface area (Å²) < 4.78 is 28.0. The van der Waals surface area contributed by atoms with Gasteiger partial charge in [0.25, 0.3) is 5.91 Å². The van der Waals surface area contributed by atoms with Crippen molar-refractivity contribution < 1.29 is 27.5 Å². The van der Waals surface area contributed by atoms with Gasteiger partial charge in [0.05, 0.1) is 17.0 Å². The Morgan fingerprint density at radius 2 is 1.65 bits per heavy atom. The van der Waals surface area contributed by atoms with E-state index in [1.165, 1.54) is 19.2 Å². The molecule has 9 nitrogen and oxygen atoms in total. The maximum atomic E-state index is 12.3. The highest BCUT2D eigenvalue weighted by Crippen LogP contribution is 2.19. The third-order valence-electron chi connectivity index (χ3n) is 4.64. The molecule has 0 atom stereocenters. The summed E-state index contributed by atoms with van der Waals surface area (Å²) >= 11 is 0. The molecule has 0 aromatic heterocycles. The number of nitrogens with two attached hydrogens (primary N) is 1. The zero-order chi connectivity index (χ0) is 23.3. The highest BCUT2D eigenvalue weighted by Gasteiger charge is 2.19. The smallest absolute Gasteiger partial charge is 0.338 e. The normalized spacial score (nSPS) is 11.0. The summed E-state index contributed by atoms with van der Waals surface area (Å²) in [5.41, 5.74) is 2.92. The van der Waals surface area contributed by atoms with Gasteiger partial charge in [-0.3, -0.25) is 9.59 Å². The minimum Gasteiger partial charge on any atom is -0.452 e. The Bertz CT molecular complexity index is 1110. The van der Waals surface area contributed by atoms with Crippen molar-refractivity contribution in [2.75, 3.05) is 25.5 Å². The van der Waals surface area contributed by atoms with Gasteiger partial charge in [-0.1, -0.05) is 24.3 Å². The SMILES string of the molecule is Cc1ccc(S(N)(=O)=O)cc1C(=O)OCC(=O)N(C)CC(=O)Nc1c(C)cccc1C. The van der Waals surface area contributed by atoms with Gasteiger partial charge in [0, 0.05) is 12.7 Å². The number of likely N-dealkylation sites (N-methyl/N-ethyl adjacent to an activating group) is 1. The highest BCUT2D eigenvalue weighted by molar-refractivity contribution is 7.89. The molecular weight excluding hydrogens is 422 g/mol. The predicted molar refractivity (Wildman–Crippen MR) is 115 cm³/mol. The topological polar surface area (TPSA) is 136 Å². The number of nitrogens with one attached hydrogen (secondary N) is 1. The predicted octanol–water partition coefficient (Wildman–Crippen LogP) is 1.51. The zero-order valence-electron chi connectivity index (χ0n) is 17.8. The van der Waals surface area contributed by atoms with Crippen LogP contribution in [-0.2, 0) is 24.3 Å². The molecule has 2 aromatic carbocycles. The number of carbonyl (C=O) groups is 3. The van der Waals surface area contributed by atoms with Crippen LogP contribution >= 0.6 is 0 Å². The van der Waals surface area contributed by atoms with Crippen LogP contribution in [0.25, 0.3) is 0 Å². The van der Waals surface area contributed by atoms with Gasteiger partial charge in [0.2, 0.25) is 15.9 Å². The van der Waals surface area contributed by atoms with E-state index in [2.05, 4.69) is 5.32 Å². The van der Waals surface area contributed by atoms with Crippen LogP contribution in [0.15, 0.2) is 41.3 Å². The monoisotopic (exact) mass is 447 g/mol. The van der Waals surface area contributed by atoms with E-state index < -0.39 is 34.4 Å². The maximum Gasteiger partial charge on any atom is 0.338 e. The van der Waals surface area contributed by atoms with Crippen LogP contribution in [-0.4, -0.2) is 51.3 Å². The lowest BCUT2D eigenvalue weighted by Crippen LogP contribution is -2.37. The lowest BCUT2D eigenvalue weighted by molar-refractivity contribution is -0.136. The van der Waals surface area contributed by atoms with E-state index in [0.717, 1.165) is 22.1 Å². The van der Waals surface area contributed by atoms with Crippen LogP contribution < -0.4 is 10.5 Å². The number of nitrogens with zero attached hydrogens (tertiary/aromatic N) is 1. The van der Waals surface area contributed by atoms with E-state index in [1.807, 2.05) is 32.0 Å². The number of primary sulfonamides is 1. The van der Waals surface area contributed by atoms with Crippen molar-refractivity contribution in [1.82, 2.24) is 4.90 Å². The molecule has 0 spiro atoms. The highest BCUT2D eigenvalue weighted by atomic mass is 32.2. The first-order valence-corrected chi connectivity index (χ1v) is 10.9. The molecule has 0 aliphatic rings. The summed E-state index contributed by atoms with van der Waals surface area (Å²) in [5.74, 6) is -1.86. The Hall–Kier alpha value is -3.24. The molecule has 10 heteroatoms. The molecule has 0 saturated carbocycles. The Labute approximate surface area is 181 Å². The van der Waals surface area contributed by atoms with E-state index in [4.69, 9.17) is 9.88 Å². The zero-order valence-corrected chi connectivity index (χ0v) is 18.6. The summed E-state index contributed by atoms with van der Waals surface area (Å²) in [6, 6.07) is 9.40. The molecule has 0 radical (unpaired) electrons.